The Balaban J connectivity index is 1.65. The number of benzene rings is 1. The fourth-order valence-electron chi connectivity index (χ4n) is 3.38. The predicted octanol–water partition coefficient (Wildman–Crippen LogP) is 2.40. The van der Waals surface area contributed by atoms with Gasteiger partial charge in [0.05, 0.1) is 6.04 Å². The molecule has 4 rings (SSSR count). The van der Waals surface area contributed by atoms with Crippen molar-refractivity contribution < 1.29 is 4.79 Å². The molecule has 6 nitrogen and oxygen atoms in total. The van der Waals surface area contributed by atoms with E-state index < -0.39 is 0 Å². The number of nitrogens with zero attached hydrogens (tertiary/aromatic N) is 5. The highest BCUT2D eigenvalue weighted by molar-refractivity contribution is 5.95. The van der Waals surface area contributed by atoms with E-state index in [2.05, 4.69) is 34.0 Å². The smallest absolute Gasteiger partial charge is 0.254 e. The molecule has 26 heavy (non-hydrogen) atoms. The quantitative estimate of drug-likeness (QED) is 0.730. The molecule has 1 fully saturated rings. The lowest BCUT2D eigenvalue weighted by atomic mass is 10.0. The second-order valence-electron chi connectivity index (χ2n) is 6.56. The van der Waals surface area contributed by atoms with Crippen LogP contribution < -0.4 is 0 Å². The molecule has 1 atom stereocenters. The van der Waals surface area contributed by atoms with Crippen LogP contribution in [0.3, 0.4) is 0 Å². The molecule has 0 spiro atoms. The van der Waals surface area contributed by atoms with Crippen LogP contribution in [0, 0.1) is 0 Å². The van der Waals surface area contributed by atoms with Crippen molar-refractivity contribution in [2.45, 2.75) is 6.04 Å². The Morgan fingerprint density at radius 3 is 2.73 bits per heavy atom. The molecule has 1 amide bonds. The minimum Gasteiger partial charge on any atom is -0.329 e. The molecule has 0 bridgehead atoms. The van der Waals surface area contributed by atoms with E-state index in [1.807, 2.05) is 35.4 Å². The van der Waals surface area contributed by atoms with Crippen LogP contribution in [0.15, 0.2) is 67.4 Å². The van der Waals surface area contributed by atoms with Crippen molar-refractivity contribution in [2.24, 2.45) is 0 Å². The minimum absolute atomic E-state index is 0.0377. The van der Waals surface area contributed by atoms with Crippen LogP contribution in [0.4, 0.5) is 0 Å². The van der Waals surface area contributed by atoms with Gasteiger partial charge < -0.3 is 9.80 Å². The normalized spacial score (nSPS) is 18.0. The van der Waals surface area contributed by atoms with Crippen molar-refractivity contribution in [1.82, 2.24) is 24.3 Å². The van der Waals surface area contributed by atoms with Crippen LogP contribution in [-0.4, -0.2) is 56.9 Å². The first-order valence-electron chi connectivity index (χ1n) is 8.71. The zero-order chi connectivity index (χ0) is 17.9. The summed E-state index contributed by atoms with van der Waals surface area (Å²) in [6.45, 7) is 2.40. The number of hydrogen-bond donors (Lipinski definition) is 0. The average Bonchev–Trinajstić information content (AvgIpc) is 3.23. The molecule has 1 saturated heterocycles. The number of aromatic nitrogens is 3. The molecule has 1 aliphatic heterocycles. The minimum atomic E-state index is 0.0377. The molecule has 1 aliphatic rings. The zero-order valence-electron chi connectivity index (χ0n) is 14.7. The molecular weight excluding hydrogens is 326 g/mol. The third kappa shape index (κ3) is 3.23. The lowest BCUT2D eigenvalue weighted by molar-refractivity contribution is 0.0498. The van der Waals surface area contributed by atoms with Crippen molar-refractivity contribution in [1.29, 1.82) is 0 Å². The highest BCUT2D eigenvalue weighted by atomic mass is 16.2. The molecule has 3 aromatic rings. The second-order valence-corrected chi connectivity index (χ2v) is 6.56. The summed E-state index contributed by atoms with van der Waals surface area (Å²) in [7, 11) is 2.10. The first-order valence-corrected chi connectivity index (χ1v) is 8.71. The molecule has 6 heteroatoms. The summed E-state index contributed by atoms with van der Waals surface area (Å²) >= 11 is 0. The maximum atomic E-state index is 13.3. The van der Waals surface area contributed by atoms with E-state index in [1.54, 1.807) is 29.4 Å². The SMILES string of the molecule is CN1CCN(C(=O)c2ccnc(-n3ccnc3)c2)[C@H](c2ccccc2)C1. The summed E-state index contributed by atoms with van der Waals surface area (Å²) in [6, 6.07) is 13.9. The molecule has 1 aromatic carbocycles. The Morgan fingerprint density at radius 2 is 1.96 bits per heavy atom. The first kappa shape index (κ1) is 16.5. The monoisotopic (exact) mass is 347 g/mol. The van der Waals surface area contributed by atoms with Gasteiger partial charge in [-0.3, -0.25) is 9.36 Å². The number of carbonyl (C=O) groups excluding carboxylic acids is 1. The van der Waals surface area contributed by atoms with Crippen LogP contribution >= 0.6 is 0 Å². The third-order valence-corrected chi connectivity index (χ3v) is 4.79. The van der Waals surface area contributed by atoms with E-state index in [9.17, 15) is 4.79 Å². The molecule has 3 heterocycles. The summed E-state index contributed by atoms with van der Waals surface area (Å²) in [5.41, 5.74) is 1.81. The van der Waals surface area contributed by atoms with Gasteiger partial charge in [-0.25, -0.2) is 9.97 Å². The van der Waals surface area contributed by atoms with Crippen molar-refractivity contribution in [2.75, 3.05) is 26.7 Å². The molecule has 2 aromatic heterocycles. The number of amides is 1. The van der Waals surface area contributed by atoms with Crippen molar-refractivity contribution in [3.05, 3.63) is 78.5 Å². The Morgan fingerprint density at radius 1 is 1.12 bits per heavy atom. The molecule has 0 radical (unpaired) electrons. The van der Waals surface area contributed by atoms with E-state index >= 15 is 0 Å². The number of pyridine rings is 1. The molecule has 0 unspecified atom stereocenters. The molecule has 0 aliphatic carbocycles. The maximum absolute atomic E-state index is 13.3. The Labute approximate surface area is 152 Å². The molecule has 0 saturated carbocycles. The van der Waals surface area contributed by atoms with Crippen LogP contribution in [0.25, 0.3) is 5.82 Å². The third-order valence-electron chi connectivity index (χ3n) is 4.79. The summed E-state index contributed by atoms with van der Waals surface area (Å²) in [6.07, 6.45) is 6.87. The van der Waals surface area contributed by atoms with Gasteiger partial charge in [0.1, 0.15) is 12.1 Å². The van der Waals surface area contributed by atoms with Gasteiger partial charge >= 0.3 is 0 Å². The van der Waals surface area contributed by atoms with E-state index in [1.165, 1.54) is 0 Å². The van der Waals surface area contributed by atoms with Crippen LogP contribution in [0.1, 0.15) is 22.0 Å². The summed E-state index contributed by atoms with van der Waals surface area (Å²) in [4.78, 5) is 25.9. The molecular formula is C20H21N5O. The average molecular weight is 347 g/mol. The first-order chi connectivity index (χ1) is 12.7. The number of rotatable bonds is 3. The van der Waals surface area contributed by atoms with Crippen molar-refractivity contribution in [3.8, 4) is 5.82 Å². The topological polar surface area (TPSA) is 54.3 Å². The van der Waals surface area contributed by atoms with Gasteiger partial charge in [-0.2, -0.15) is 0 Å². The Hall–Kier alpha value is -2.99. The lowest BCUT2D eigenvalue weighted by Gasteiger charge is -2.40. The number of likely N-dealkylation sites (N-methyl/N-ethyl adjacent to an activating group) is 1. The summed E-state index contributed by atoms with van der Waals surface area (Å²) in [5.74, 6) is 0.731. The lowest BCUT2D eigenvalue weighted by Crippen LogP contribution is -2.49. The zero-order valence-corrected chi connectivity index (χ0v) is 14.7. The van der Waals surface area contributed by atoms with Crippen LogP contribution in [-0.2, 0) is 0 Å². The number of piperazine rings is 1. The van der Waals surface area contributed by atoms with Gasteiger partial charge in [0.2, 0.25) is 0 Å². The van der Waals surface area contributed by atoms with Gasteiger partial charge in [-0.1, -0.05) is 30.3 Å². The van der Waals surface area contributed by atoms with Gasteiger partial charge in [0, 0.05) is 43.8 Å². The van der Waals surface area contributed by atoms with Crippen molar-refractivity contribution in [3.63, 3.8) is 0 Å². The van der Waals surface area contributed by atoms with E-state index in [-0.39, 0.29) is 11.9 Å². The number of hydrogen-bond acceptors (Lipinski definition) is 4. The van der Waals surface area contributed by atoms with Gasteiger partial charge in [0.15, 0.2) is 0 Å². The van der Waals surface area contributed by atoms with Gasteiger partial charge in [-0.15, -0.1) is 0 Å². The number of carbonyl (C=O) groups is 1. The predicted molar refractivity (Wildman–Crippen MR) is 99.1 cm³/mol. The Bertz CT molecular complexity index is 878. The van der Waals surface area contributed by atoms with E-state index in [4.69, 9.17) is 0 Å². The van der Waals surface area contributed by atoms with Gasteiger partial charge in [0.25, 0.3) is 5.91 Å². The fourth-order valence-corrected chi connectivity index (χ4v) is 3.38. The standard InChI is InChI=1S/C20H21N5O/c1-23-11-12-25(18(14-23)16-5-3-2-4-6-16)20(26)17-7-8-22-19(13-17)24-10-9-21-15-24/h2-10,13,15,18H,11-12,14H2,1H3/t18-/m0/s1. The highest BCUT2D eigenvalue weighted by Crippen LogP contribution is 2.26. The largest absolute Gasteiger partial charge is 0.329 e. The molecule has 0 N–H and O–H groups in total. The van der Waals surface area contributed by atoms with E-state index in [0.29, 0.717) is 17.9 Å². The summed E-state index contributed by atoms with van der Waals surface area (Å²) < 4.78 is 1.80. The van der Waals surface area contributed by atoms with Crippen LogP contribution in [0.5, 0.6) is 0 Å². The maximum Gasteiger partial charge on any atom is 0.254 e. The van der Waals surface area contributed by atoms with Gasteiger partial charge in [-0.05, 0) is 24.7 Å². The molecule has 132 valence electrons. The highest BCUT2D eigenvalue weighted by Gasteiger charge is 2.30. The summed E-state index contributed by atoms with van der Waals surface area (Å²) in [5, 5.41) is 0. The Kier molecular flexibility index (Phi) is 4.50. The second kappa shape index (κ2) is 7.09. The van der Waals surface area contributed by atoms with E-state index in [0.717, 1.165) is 18.7 Å². The number of imidazole rings is 1. The van der Waals surface area contributed by atoms with Crippen LogP contribution in [0.2, 0.25) is 0 Å². The van der Waals surface area contributed by atoms with Crippen molar-refractivity contribution >= 4 is 5.91 Å². The fraction of sp³-hybridized carbons (Fsp3) is 0.250.